The fourth-order valence-electron chi connectivity index (χ4n) is 5.68. The first-order valence-electron chi connectivity index (χ1n) is 13.6. The van der Waals surface area contributed by atoms with Gasteiger partial charge < -0.3 is 4.74 Å². The maximum atomic E-state index is 13.3. The summed E-state index contributed by atoms with van der Waals surface area (Å²) >= 11 is 0. The van der Waals surface area contributed by atoms with Gasteiger partial charge in [-0.25, -0.2) is 4.39 Å². The van der Waals surface area contributed by atoms with Gasteiger partial charge >= 0.3 is 0 Å². The van der Waals surface area contributed by atoms with E-state index in [-0.39, 0.29) is 5.82 Å². The molecule has 0 N–H and O–H groups in total. The van der Waals surface area contributed by atoms with Crippen LogP contribution in [-0.4, -0.2) is 36.0 Å². The van der Waals surface area contributed by atoms with E-state index in [2.05, 4.69) is 59.2 Å². The van der Waals surface area contributed by atoms with Crippen molar-refractivity contribution in [2.24, 2.45) is 5.92 Å². The second-order valence-electron chi connectivity index (χ2n) is 10.7. The molecule has 0 atom stereocenters. The highest BCUT2D eigenvalue weighted by atomic mass is 19.1. The van der Waals surface area contributed by atoms with E-state index >= 15 is 0 Å². The zero-order valence-corrected chi connectivity index (χ0v) is 21.6. The number of halogens is 1. The molecular weight excluding hydrogens is 447 g/mol. The minimum Gasteiger partial charge on any atom is -0.494 e. The first-order chi connectivity index (χ1) is 17.6. The van der Waals surface area contributed by atoms with Crippen LogP contribution in [0.4, 0.5) is 4.39 Å². The molecule has 0 saturated carbocycles. The molecule has 1 saturated heterocycles. The first-order valence-corrected chi connectivity index (χ1v) is 13.6. The summed E-state index contributed by atoms with van der Waals surface area (Å²) in [5.41, 5.74) is 6.82. The molecule has 0 aliphatic carbocycles. The number of ether oxygens (including phenoxy) is 1. The van der Waals surface area contributed by atoms with Crippen molar-refractivity contribution in [3.63, 3.8) is 0 Å². The maximum Gasteiger partial charge on any atom is 0.123 e. The summed E-state index contributed by atoms with van der Waals surface area (Å²) in [4.78, 5) is 5.07. The third kappa shape index (κ3) is 6.74. The molecule has 4 heteroatoms. The van der Waals surface area contributed by atoms with Crippen molar-refractivity contribution < 1.29 is 9.13 Å². The monoisotopic (exact) mass is 486 g/mol. The number of rotatable bonds is 8. The predicted molar refractivity (Wildman–Crippen MR) is 145 cm³/mol. The molecule has 3 aromatic rings. The topological polar surface area (TPSA) is 15.7 Å². The molecule has 0 radical (unpaired) electrons. The smallest absolute Gasteiger partial charge is 0.123 e. The van der Waals surface area contributed by atoms with E-state index in [0.29, 0.717) is 0 Å². The van der Waals surface area contributed by atoms with Gasteiger partial charge in [-0.2, -0.15) is 0 Å². The molecule has 0 unspecified atom stereocenters. The van der Waals surface area contributed by atoms with Gasteiger partial charge in [-0.05, 0) is 117 Å². The zero-order chi connectivity index (χ0) is 24.7. The largest absolute Gasteiger partial charge is 0.494 e. The van der Waals surface area contributed by atoms with Crippen molar-refractivity contribution in [1.29, 1.82) is 0 Å². The van der Waals surface area contributed by atoms with Crippen LogP contribution in [0.3, 0.4) is 0 Å². The Hall–Kier alpha value is -2.69. The summed E-state index contributed by atoms with van der Waals surface area (Å²) in [5.74, 6) is 1.58. The quantitative estimate of drug-likeness (QED) is 0.350. The van der Waals surface area contributed by atoms with Crippen LogP contribution in [0, 0.1) is 18.7 Å². The molecule has 5 rings (SSSR count). The highest BCUT2D eigenvalue weighted by molar-refractivity contribution is 5.36. The molecule has 2 aliphatic heterocycles. The Balaban J connectivity index is 1.08. The van der Waals surface area contributed by atoms with E-state index < -0.39 is 0 Å². The fraction of sp³-hybridized carbons (Fsp3) is 0.438. The van der Waals surface area contributed by atoms with E-state index in [4.69, 9.17) is 4.74 Å². The lowest BCUT2D eigenvalue weighted by Crippen LogP contribution is -2.33. The number of aryl methyl sites for hydroxylation is 2. The lowest BCUT2D eigenvalue weighted by Gasteiger charge is -2.32. The Morgan fingerprint density at radius 2 is 1.67 bits per heavy atom. The van der Waals surface area contributed by atoms with Gasteiger partial charge in [-0.3, -0.25) is 9.80 Å². The van der Waals surface area contributed by atoms with Crippen LogP contribution in [0.15, 0.2) is 66.7 Å². The highest BCUT2D eigenvalue weighted by Gasteiger charge is 2.20. The molecule has 1 fully saturated rings. The van der Waals surface area contributed by atoms with Gasteiger partial charge in [0, 0.05) is 19.6 Å². The average molecular weight is 487 g/mol. The Morgan fingerprint density at radius 1 is 0.861 bits per heavy atom. The van der Waals surface area contributed by atoms with Crippen molar-refractivity contribution in [2.75, 3.05) is 26.2 Å². The molecule has 0 aromatic heterocycles. The summed E-state index contributed by atoms with van der Waals surface area (Å²) in [7, 11) is 0. The Labute approximate surface area is 215 Å². The minimum atomic E-state index is -0.172. The lowest BCUT2D eigenvalue weighted by atomic mass is 9.93. The molecule has 0 bridgehead atoms. The number of hydrogen-bond donors (Lipinski definition) is 0. The number of benzene rings is 3. The normalized spacial score (nSPS) is 17.5. The van der Waals surface area contributed by atoms with Crippen molar-refractivity contribution in [3.05, 3.63) is 100 Å². The van der Waals surface area contributed by atoms with Crippen LogP contribution >= 0.6 is 0 Å². The van der Waals surface area contributed by atoms with Gasteiger partial charge in [0.2, 0.25) is 0 Å². The molecule has 2 heterocycles. The number of hydrogen-bond acceptors (Lipinski definition) is 3. The Morgan fingerprint density at radius 3 is 2.47 bits per heavy atom. The SMILES string of the molecule is Cc1ccccc1CN1CCC(CCOc2ccc3c(c2)CN(Cc2ccc(F)cc2)CCC3)CC1. The lowest BCUT2D eigenvalue weighted by molar-refractivity contribution is 0.157. The molecule has 0 amide bonds. The summed E-state index contributed by atoms with van der Waals surface area (Å²) in [5, 5.41) is 0. The van der Waals surface area contributed by atoms with Crippen molar-refractivity contribution >= 4 is 0 Å². The van der Waals surface area contributed by atoms with E-state index in [1.54, 1.807) is 12.1 Å². The van der Waals surface area contributed by atoms with Crippen LogP contribution in [0.5, 0.6) is 5.75 Å². The predicted octanol–water partition coefficient (Wildman–Crippen LogP) is 6.76. The molecule has 36 heavy (non-hydrogen) atoms. The first kappa shape index (κ1) is 25.0. The third-order valence-electron chi connectivity index (χ3n) is 7.97. The van der Waals surface area contributed by atoms with Gasteiger partial charge in [-0.1, -0.05) is 42.5 Å². The number of likely N-dealkylation sites (tertiary alicyclic amines) is 1. The summed E-state index contributed by atoms with van der Waals surface area (Å²) in [6.45, 7) is 9.28. The van der Waals surface area contributed by atoms with E-state index in [1.165, 1.54) is 48.2 Å². The van der Waals surface area contributed by atoms with Crippen LogP contribution in [-0.2, 0) is 26.1 Å². The molecular formula is C32H39FN2O. The average Bonchev–Trinajstić information content (AvgIpc) is 3.09. The minimum absolute atomic E-state index is 0.172. The molecule has 2 aliphatic rings. The van der Waals surface area contributed by atoms with E-state index in [1.807, 2.05) is 12.1 Å². The van der Waals surface area contributed by atoms with Gasteiger partial charge in [-0.15, -0.1) is 0 Å². The summed E-state index contributed by atoms with van der Waals surface area (Å²) < 4.78 is 19.5. The molecule has 0 spiro atoms. The van der Waals surface area contributed by atoms with E-state index in [0.717, 1.165) is 69.3 Å². The number of nitrogens with zero attached hydrogens (tertiary/aromatic N) is 2. The maximum absolute atomic E-state index is 13.3. The van der Waals surface area contributed by atoms with E-state index in [9.17, 15) is 4.39 Å². The van der Waals surface area contributed by atoms with Crippen LogP contribution in [0.2, 0.25) is 0 Å². The van der Waals surface area contributed by atoms with Gasteiger partial charge in [0.05, 0.1) is 6.61 Å². The molecule has 190 valence electrons. The van der Waals surface area contributed by atoms with Gasteiger partial charge in [0.15, 0.2) is 0 Å². The van der Waals surface area contributed by atoms with Crippen molar-refractivity contribution in [3.8, 4) is 5.75 Å². The van der Waals surface area contributed by atoms with Crippen LogP contribution < -0.4 is 4.74 Å². The summed E-state index contributed by atoms with van der Waals surface area (Å²) in [6.07, 6.45) is 5.91. The molecule has 3 nitrogen and oxygen atoms in total. The standard InChI is InChI=1S/C32H39FN2O/c1-25-5-2-3-6-29(25)23-34-18-14-26(15-19-34)16-20-36-32-13-10-28-7-4-17-35(24-30(28)21-32)22-27-8-11-31(33)12-9-27/h2-3,5-6,8-13,21,26H,4,7,14-20,22-24H2,1H3. The van der Waals surface area contributed by atoms with Crippen molar-refractivity contribution in [1.82, 2.24) is 9.80 Å². The second-order valence-corrected chi connectivity index (χ2v) is 10.7. The zero-order valence-electron chi connectivity index (χ0n) is 21.6. The Kier molecular flexibility index (Phi) is 8.35. The Bertz CT molecular complexity index is 1120. The summed E-state index contributed by atoms with van der Waals surface area (Å²) in [6, 6.07) is 22.3. The van der Waals surface area contributed by atoms with Crippen molar-refractivity contribution in [2.45, 2.75) is 58.7 Å². The molecule has 3 aromatic carbocycles. The fourth-order valence-corrected chi connectivity index (χ4v) is 5.68. The second kappa shape index (κ2) is 12.0. The van der Waals surface area contributed by atoms with Crippen LogP contribution in [0.25, 0.3) is 0 Å². The third-order valence-corrected chi connectivity index (χ3v) is 7.97. The van der Waals surface area contributed by atoms with Gasteiger partial charge in [0.25, 0.3) is 0 Å². The number of piperidine rings is 1. The van der Waals surface area contributed by atoms with Crippen LogP contribution in [0.1, 0.15) is 53.5 Å². The number of fused-ring (bicyclic) bond motifs is 1. The van der Waals surface area contributed by atoms with Gasteiger partial charge in [0.1, 0.15) is 11.6 Å². The highest BCUT2D eigenvalue weighted by Crippen LogP contribution is 2.26.